The van der Waals surface area contributed by atoms with Gasteiger partial charge in [-0.05, 0) is 48.6 Å². The highest BCUT2D eigenvalue weighted by Crippen LogP contribution is 2.37. The third-order valence-electron chi connectivity index (χ3n) is 5.72. The molecule has 0 aromatic heterocycles. The summed E-state index contributed by atoms with van der Waals surface area (Å²) in [4.78, 5) is 38.9. The summed E-state index contributed by atoms with van der Waals surface area (Å²) in [6.07, 6.45) is 2.36. The molecule has 2 heterocycles. The second-order valence-corrected chi connectivity index (χ2v) is 8.11. The number of methoxy groups -OCH3 is 1. The maximum Gasteiger partial charge on any atom is 0.313 e. The normalized spacial score (nSPS) is 15.8. The van der Waals surface area contributed by atoms with Gasteiger partial charge in [-0.3, -0.25) is 14.4 Å². The number of ether oxygens (including phenoxy) is 1. The van der Waals surface area contributed by atoms with Crippen LogP contribution in [-0.2, 0) is 32.0 Å². The fourth-order valence-electron chi connectivity index (χ4n) is 4.24. The Balaban J connectivity index is 1.42. The van der Waals surface area contributed by atoms with Crippen LogP contribution in [0.25, 0.3) is 0 Å². The number of hydrogen-bond donors (Lipinski definition) is 2. The lowest BCUT2D eigenvalue weighted by Crippen LogP contribution is -2.40. The molecule has 1 atom stereocenters. The minimum Gasteiger partial charge on any atom is -0.375 e. The molecule has 0 bridgehead atoms. The van der Waals surface area contributed by atoms with Gasteiger partial charge in [-0.1, -0.05) is 29.8 Å². The molecular formula is C23H24ClN3O4. The van der Waals surface area contributed by atoms with E-state index in [2.05, 4.69) is 10.6 Å². The summed E-state index contributed by atoms with van der Waals surface area (Å²) in [7, 11) is 1.52. The van der Waals surface area contributed by atoms with Crippen molar-refractivity contribution < 1.29 is 19.1 Å². The molecule has 31 heavy (non-hydrogen) atoms. The average molecular weight is 442 g/mol. The summed E-state index contributed by atoms with van der Waals surface area (Å²) in [6.45, 7) is 0.845. The third kappa shape index (κ3) is 4.43. The number of halogens is 1. The molecule has 8 heteroatoms. The van der Waals surface area contributed by atoms with Crippen LogP contribution in [0.1, 0.15) is 35.6 Å². The van der Waals surface area contributed by atoms with Crippen molar-refractivity contribution in [2.75, 3.05) is 30.4 Å². The maximum absolute atomic E-state index is 12.5. The second kappa shape index (κ2) is 9.08. The first-order chi connectivity index (χ1) is 15.0. The summed E-state index contributed by atoms with van der Waals surface area (Å²) in [5, 5.41) is 5.83. The standard InChI is InChI=1S/C23H24ClN3O4/c1-31-19(17-6-2-3-7-18(17)24)13-25-22(29)23(30)26-16-11-14-5-4-10-27-20(28)9-8-15(12-16)21(14)27/h2-3,6-7,11-12,19H,4-5,8-10,13H2,1H3,(H,25,29)(H,26,30). The highest BCUT2D eigenvalue weighted by Gasteiger charge is 2.30. The van der Waals surface area contributed by atoms with Crippen molar-refractivity contribution >= 4 is 40.7 Å². The van der Waals surface area contributed by atoms with Crippen molar-refractivity contribution in [1.82, 2.24) is 5.32 Å². The lowest BCUT2D eigenvalue weighted by atomic mass is 9.91. The van der Waals surface area contributed by atoms with Gasteiger partial charge in [-0.15, -0.1) is 0 Å². The van der Waals surface area contributed by atoms with Gasteiger partial charge in [-0.25, -0.2) is 0 Å². The monoisotopic (exact) mass is 441 g/mol. The molecule has 7 nitrogen and oxygen atoms in total. The zero-order chi connectivity index (χ0) is 22.0. The Morgan fingerprint density at radius 2 is 1.87 bits per heavy atom. The molecule has 4 rings (SSSR count). The zero-order valence-electron chi connectivity index (χ0n) is 17.2. The summed E-state index contributed by atoms with van der Waals surface area (Å²) < 4.78 is 5.42. The molecule has 0 spiro atoms. The molecule has 0 radical (unpaired) electrons. The largest absolute Gasteiger partial charge is 0.375 e. The molecule has 0 saturated carbocycles. The van der Waals surface area contributed by atoms with Gasteiger partial charge < -0.3 is 20.3 Å². The number of benzene rings is 2. The second-order valence-electron chi connectivity index (χ2n) is 7.70. The average Bonchev–Trinajstić information content (AvgIpc) is 2.77. The van der Waals surface area contributed by atoms with Gasteiger partial charge in [0.25, 0.3) is 0 Å². The number of aryl methyl sites for hydroxylation is 2. The van der Waals surface area contributed by atoms with Crippen molar-refractivity contribution in [3.05, 3.63) is 58.1 Å². The van der Waals surface area contributed by atoms with E-state index in [1.54, 1.807) is 6.07 Å². The summed E-state index contributed by atoms with van der Waals surface area (Å²) >= 11 is 6.20. The van der Waals surface area contributed by atoms with Gasteiger partial charge >= 0.3 is 11.8 Å². The highest BCUT2D eigenvalue weighted by molar-refractivity contribution is 6.39. The zero-order valence-corrected chi connectivity index (χ0v) is 18.0. The third-order valence-corrected chi connectivity index (χ3v) is 6.07. The van der Waals surface area contributed by atoms with Crippen LogP contribution in [0, 0.1) is 0 Å². The first kappa shape index (κ1) is 21.3. The summed E-state index contributed by atoms with van der Waals surface area (Å²) in [5.41, 5.74) is 4.35. The Labute approximate surface area is 185 Å². The molecule has 2 aromatic carbocycles. The molecule has 2 N–H and O–H groups in total. The first-order valence-corrected chi connectivity index (χ1v) is 10.7. The molecule has 0 saturated heterocycles. The number of anilines is 2. The summed E-state index contributed by atoms with van der Waals surface area (Å²) in [6, 6.07) is 10.9. The smallest absolute Gasteiger partial charge is 0.313 e. The van der Waals surface area contributed by atoms with Crippen molar-refractivity contribution in [2.45, 2.75) is 31.8 Å². The van der Waals surface area contributed by atoms with E-state index in [0.29, 0.717) is 23.6 Å². The van der Waals surface area contributed by atoms with Crippen LogP contribution in [0.15, 0.2) is 36.4 Å². The molecule has 2 aromatic rings. The molecule has 2 aliphatic heterocycles. The van der Waals surface area contributed by atoms with E-state index in [0.717, 1.165) is 41.8 Å². The van der Waals surface area contributed by atoms with Gasteiger partial charge in [0.05, 0.1) is 5.69 Å². The van der Waals surface area contributed by atoms with Crippen LogP contribution >= 0.6 is 11.6 Å². The van der Waals surface area contributed by atoms with E-state index in [4.69, 9.17) is 16.3 Å². The Hall–Kier alpha value is -2.90. The van der Waals surface area contributed by atoms with Crippen LogP contribution in [-0.4, -0.2) is 37.9 Å². The van der Waals surface area contributed by atoms with E-state index >= 15 is 0 Å². The molecular weight excluding hydrogens is 418 g/mol. The van der Waals surface area contributed by atoms with E-state index in [-0.39, 0.29) is 12.5 Å². The molecule has 162 valence electrons. The predicted molar refractivity (Wildman–Crippen MR) is 118 cm³/mol. The predicted octanol–water partition coefficient (Wildman–Crippen LogP) is 3.01. The van der Waals surface area contributed by atoms with Crippen molar-refractivity contribution in [3.63, 3.8) is 0 Å². The molecule has 0 aliphatic carbocycles. The Kier molecular flexibility index (Phi) is 6.25. The van der Waals surface area contributed by atoms with Crippen LogP contribution in [0.5, 0.6) is 0 Å². The van der Waals surface area contributed by atoms with Gasteiger partial charge in [0.15, 0.2) is 0 Å². The van der Waals surface area contributed by atoms with Gasteiger partial charge in [0.1, 0.15) is 6.10 Å². The molecule has 2 aliphatic rings. The van der Waals surface area contributed by atoms with Gasteiger partial charge in [0, 0.05) is 42.9 Å². The van der Waals surface area contributed by atoms with E-state index in [9.17, 15) is 14.4 Å². The Morgan fingerprint density at radius 1 is 1.13 bits per heavy atom. The van der Waals surface area contributed by atoms with Crippen LogP contribution in [0.4, 0.5) is 11.4 Å². The quantitative estimate of drug-likeness (QED) is 0.698. The van der Waals surface area contributed by atoms with Crippen LogP contribution < -0.4 is 15.5 Å². The van der Waals surface area contributed by atoms with E-state index in [1.165, 1.54) is 7.11 Å². The number of rotatable bonds is 5. The fraction of sp³-hybridized carbons (Fsp3) is 0.348. The molecule has 0 fully saturated rings. The lowest BCUT2D eigenvalue weighted by Gasteiger charge is -2.35. The SMILES string of the molecule is COC(CNC(=O)C(=O)Nc1cc2c3c(c1)CCC(=O)N3CCC2)c1ccccc1Cl. The molecule has 3 amide bonds. The highest BCUT2D eigenvalue weighted by atomic mass is 35.5. The number of hydrogen-bond acceptors (Lipinski definition) is 4. The number of nitrogens with one attached hydrogen (secondary N) is 2. The topological polar surface area (TPSA) is 87.7 Å². The minimum atomic E-state index is -0.753. The number of amides is 3. The first-order valence-electron chi connectivity index (χ1n) is 10.3. The summed E-state index contributed by atoms with van der Waals surface area (Å²) in [5.74, 6) is -1.35. The minimum absolute atomic E-state index is 0.110. The number of carbonyl (C=O) groups is 3. The van der Waals surface area contributed by atoms with Crippen LogP contribution in [0.2, 0.25) is 5.02 Å². The number of nitrogens with zero attached hydrogens (tertiary/aromatic N) is 1. The number of carbonyl (C=O) groups excluding carboxylic acids is 3. The van der Waals surface area contributed by atoms with Gasteiger partial charge in [0.2, 0.25) is 5.91 Å². The Bertz CT molecular complexity index is 1020. The van der Waals surface area contributed by atoms with E-state index in [1.807, 2.05) is 35.2 Å². The van der Waals surface area contributed by atoms with Crippen molar-refractivity contribution in [2.24, 2.45) is 0 Å². The molecule has 1 unspecified atom stereocenters. The van der Waals surface area contributed by atoms with E-state index < -0.39 is 17.9 Å². The van der Waals surface area contributed by atoms with Crippen LogP contribution in [0.3, 0.4) is 0 Å². The Morgan fingerprint density at radius 3 is 2.61 bits per heavy atom. The van der Waals surface area contributed by atoms with Crippen molar-refractivity contribution in [3.8, 4) is 0 Å². The maximum atomic E-state index is 12.5. The lowest BCUT2D eigenvalue weighted by molar-refractivity contribution is -0.136. The van der Waals surface area contributed by atoms with Gasteiger partial charge in [-0.2, -0.15) is 0 Å². The van der Waals surface area contributed by atoms with Crippen molar-refractivity contribution in [1.29, 1.82) is 0 Å². The fourth-order valence-corrected chi connectivity index (χ4v) is 4.49.